The number of ether oxygens (including phenoxy) is 1. The van der Waals surface area contributed by atoms with Gasteiger partial charge in [0.05, 0.1) is 11.8 Å². The Morgan fingerprint density at radius 1 is 1.33 bits per heavy atom. The van der Waals surface area contributed by atoms with Gasteiger partial charge in [0, 0.05) is 13.1 Å². The Morgan fingerprint density at radius 3 is 2.39 bits per heavy atom. The summed E-state index contributed by atoms with van der Waals surface area (Å²) in [5, 5.41) is 2.53. The minimum absolute atomic E-state index is 0.0842. The van der Waals surface area contributed by atoms with E-state index in [4.69, 9.17) is 4.74 Å². The summed E-state index contributed by atoms with van der Waals surface area (Å²) in [4.78, 5) is 35.8. The fourth-order valence-electron chi connectivity index (χ4n) is 2.05. The first kappa shape index (κ1) is 12.9. The molecule has 1 aliphatic carbocycles. The number of hydrogen-bond acceptors (Lipinski definition) is 4. The van der Waals surface area contributed by atoms with Crippen molar-refractivity contribution in [3.8, 4) is 0 Å². The van der Waals surface area contributed by atoms with Crippen LogP contribution in [0.5, 0.6) is 0 Å². The number of nitrogens with one attached hydrogen (secondary N) is 1. The summed E-state index contributed by atoms with van der Waals surface area (Å²) in [6.45, 7) is 5.77. The van der Waals surface area contributed by atoms with Gasteiger partial charge in [0.25, 0.3) is 0 Å². The molecule has 3 amide bonds. The average Bonchev–Trinajstić information content (AvgIpc) is 2.95. The van der Waals surface area contributed by atoms with Crippen molar-refractivity contribution in [1.82, 2.24) is 10.2 Å². The molecule has 1 saturated heterocycles. The molecule has 0 spiro atoms. The second kappa shape index (κ2) is 4.26. The highest BCUT2D eigenvalue weighted by Gasteiger charge is 2.58. The van der Waals surface area contributed by atoms with Gasteiger partial charge in [-0.3, -0.25) is 14.5 Å². The van der Waals surface area contributed by atoms with E-state index in [1.807, 2.05) is 0 Å². The van der Waals surface area contributed by atoms with Crippen LogP contribution in [0.25, 0.3) is 0 Å². The summed E-state index contributed by atoms with van der Waals surface area (Å²) in [6.07, 6.45) is 0.167. The third-order valence-corrected chi connectivity index (χ3v) is 2.96. The zero-order valence-corrected chi connectivity index (χ0v) is 10.9. The molecule has 2 rings (SSSR count). The summed E-state index contributed by atoms with van der Waals surface area (Å²) >= 11 is 0. The van der Waals surface area contributed by atoms with Gasteiger partial charge in [-0.05, 0) is 27.2 Å². The van der Waals surface area contributed by atoms with E-state index in [1.54, 1.807) is 20.8 Å². The van der Waals surface area contributed by atoms with Gasteiger partial charge < -0.3 is 10.1 Å². The van der Waals surface area contributed by atoms with Crippen molar-refractivity contribution >= 4 is 17.9 Å². The Hall–Kier alpha value is -1.59. The molecule has 0 aromatic heterocycles. The molecule has 18 heavy (non-hydrogen) atoms. The van der Waals surface area contributed by atoms with Crippen molar-refractivity contribution in [2.45, 2.75) is 32.8 Å². The fraction of sp³-hybridized carbons (Fsp3) is 0.750. The molecule has 100 valence electrons. The Bertz CT molecular complexity index is 379. The van der Waals surface area contributed by atoms with E-state index in [9.17, 15) is 14.4 Å². The number of amides is 3. The lowest BCUT2D eigenvalue weighted by molar-refractivity contribution is -0.141. The van der Waals surface area contributed by atoms with Crippen LogP contribution < -0.4 is 5.32 Å². The summed E-state index contributed by atoms with van der Waals surface area (Å²) in [6, 6.07) is 0. The molecular weight excluding hydrogens is 236 g/mol. The van der Waals surface area contributed by atoms with Gasteiger partial charge in [0.15, 0.2) is 0 Å². The van der Waals surface area contributed by atoms with Crippen molar-refractivity contribution in [3.63, 3.8) is 0 Å². The number of likely N-dealkylation sites (tertiary alicyclic amines) is 1. The highest BCUT2D eigenvalue weighted by molar-refractivity contribution is 6.08. The number of carbonyl (C=O) groups is 3. The second-order valence-corrected chi connectivity index (χ2v) is 5.71. The Kier molecular flexibility index (Phi) is 3.04. The fourth-order valence-corrected chi connectivity index (χ4v) is 2.05. The first-order chi connectivity index (χ1) is 8.29. The van der Waals surface area contributed by atoms with E-state index >= 15 is 0 Å². The molecule has 2 aliphatic rings. The third kappa shape index (κ3) is 2.63. The van der Waals surface area contributed by atoms with Crippen LogP contribution in [0.15, 0.2) is 0 Å². The molecule has 6 heteroatoms. The molecule has 6 nitrogen and oxygen atoms in total. The molecular formula is C12H18N2O4. The molecule has 0 aromatic carbocycles. The predicted molar refractivity (Wildman–Crippen MR) is 62.6 cm³/mol. The van der Waals surface area contributed by atoms with E-state index < -0.39 is 11.7 Å². The van der Waals surface area contributed by atoms with E-state index in [0.29, 0.717) is 6.42 Å². The number of hydrogen-bond donors (Lipinski definition) is 1. The van der Waals surface area contributed by atoms with E-state index in [2.05, 4.69) is 5.32 Å². The third-order valence-electron chi connectivity index (χ3n) is 2.96. The van der Waals surface area contributed by atoms with Crippen molar-refractivity contribution in [1.29, 1.82) is 0 Å². The number of imide groups is 1. The summed E-state index contributed by atoms with van der Waals surface area (Å²) < 4.78 is 5.05. The van der Waals surface area contributed by atoms with Crippen molar-refractivity contribution in [2.24, 2.45) is 11.8 Å². The molecule has 1 unspecified atom stereocenters. The molecule has 1 aliphatic heterocycles. The Balaban J connectivity index is 1.71. The summed E-state index contributed by atoms with van der Waals surface area (Å²) in [5.74, 6) is -0.370. The van der Waals surface area contributed by atoms with Crippen LogP contribution in [0, 0.1) is 11.8 Å². The molecule has 0 aromatic rings. The lowest BCUT2D eigenvalue weighted by Crippen LogP contribution is -2.41. The van der Waals surface area contributed by atoms with Crippen LogP contribution in [0.3, 0.4) is 0 Å². The van der Waals surface area contributed by atoms with Crippen molar-refractivity contribution < 1.29 is 19.1 Å². The summed E-state index contributed by atoms with van der Waals surface area (Å²) in [7, 11) is 0. The molecule has 2 atom stereocenters. The first-order valence-electron chi connectivity index (χ1n) is 6.11. The molecule has 0 bridgehead atoms. The highest BCUT2D eigenvalue weighted by Crippen LogP contribution is 2.46. The molecule has 1 saturated carbocycles. The Labute approximate surface area is 106 Å². The molecule has 1 heterocycles. The minimum atomic E-state index is -0.551. The number of alkyl carbamates (subject to hydrolysis) is 1. The van der Waals surface area contributed by atoms with Gasteiger partial charge in [0.2, 0.25) is 11.8 Å². The van der Waals surface area contributed by atoms with Crippen LogP contribution in [-0.4, -0.2) is 41.5 Å². The normalized spacial score (nSPS) is 26.1. The first-order valence-corrected chi connectivity index (χ1v) is 6.11. The minimum Gasteiger partial charge on any atom is -0.444 e. The maximum Gasteiger partial charge on any atom is 0.407 e. The molecule has 1 N–H and O–H groups in total. The van der Waals surface area contributed by atoms with Gasteiger partial charge in [-0.1, -0.05) is 0 Å². The van der Waals surface area contributed by atoms with Gasteiger partial charge in [-0.15, -0.1) is 0 Å². The Morgan fingerprint density at radius 2 is 1.89 bits per heavy atom. The standard InChI is InChI=1S/C12H18N2O4/c1-12(2,3)18-11(17)13-4-5-14-9(15)7-6-8(7)10(14)16/h7-8H,4-6H2,1-3H3,(H,13,17)/t7-,8?/m1/s1. The number of rotatable bonds is 3. The van der Waals surface area contributed by atoms with Crippen LogP contribution in [0.4, 0.5) is 4.79 Å². The second-order valence-electron chi connectivity index (χ2n) is 5.71. The largest absolute Gasteiger partial charge is 0.444 e. The number of nitrogens with zero attached hydrogens (tertiary/aromatic N) is 1. The van der Waals surface area contributed by atoms with Crippen molar-refractivity contribution in [2.75, 3.05) is 13.1 Å². The van der Waals surface area contributed by atoms with Crippen LogP contribution >= 0.6 is 0 Å². The zero-order valence-electron chi connectivity index (χ0n) is 10.9. The van der Waals surface area contributed by atoms with Crippen LogP contribution in [0.1, 0.15) is 27.2 Å². The number of carbonyl (C=O) groups excluding carboxylic acids is 3. The zero-order chi connectivity index (χ0) is 13.5. The number of fused-ring (bicyclic) bond motifs is 1. The SMILES string of the molecule is CC(C)(C)OC(=O)NCCN1C(=O)C2C[C@H]2C1=O. The average molecular weight is 254 g/mol. The smallest absolute Gasteiger partial charge is 0.407 e. The lowest BCUT2D eigenvalue weighted by atomic mass is 10.2. The highest BCUT2D eigenvalue weighted by atomic mass is 16.6. The topological polar surface area (TPSA) is 75.7 Å². The predicted octanol–water partition coefficient (Wildman–Crippen LogP) is 0.516. The summed E-state index contributed by atoms with van der Waals surface area (Å²) in [5.41, 5.74) is -0.551. The van der Waals surface area contributed by atoms with Crippen LogP contribution in [0.2, 0.25) is 0 Å². The lowest BCUT2D eigenvalue weighted by Gasteiger charge is -2.21. The molecule has 2 fully saturated rings. The van der Waals surface area contributed by atoms with Crippen molar-refractivity contribution in [3.05, 3.63) is 0 Å². The van der Waals surface area contributed by atoms with Gasteiger partial charge >= 0.3 is 6.09 Å². The van der Waals surface area contributed by atoms with E-state index in [-0.39, 0.29) is 36.7 Å². The maximum absolute atomic E-state index is 11.6. The quantitative estimate of drug-likeness (QED) is 0.745. The van der Waals surface area contributed by atoms with Gasteiger partial charge in [-0.2, -0.15) is 0 Å². The van der Waals surface area contributed by atoms with Gasteiger partial charge in [0.1, 0.15) is 5.60 Å². The number of piperidine rings is 1. The van der Waals surface area contributed by atoms with E-state index in [0.717, 1.165) is 0 Å². The van der Waals surface area contributed by atoms with E-state index in [1.165, 1.54) is 4.90 Å². The van der Waals surface area contributed by atoms with Crippen LogP contribution in [-0.2, 0) is 14.3 Å². The van der Waals surface area contributed by atoms with Gasteiger partial charge in [-0.25, -0.2) is 4.79 Å². The maximum atomic E-state index is 11.6. The molecule has 0 radical (unpaired) electrons. The monoisotopic (exact) mass is 254 g/mol.